The van der Waals surface area contributed by atoms with E-state index in [0.717, 1.165) is 11.8 Å². The van der Waals surface area contributed by atoms with Crippen molar-refractivity contribution in [3.05, 3.63) is 32.7 Å². The first-order valence-corrected chi connectivity index (χ1v) is 5.30. The lowest BCUT2D eigenvalue weighted by Crippen LogP contribution is -2.35. The summed E-state index contributed by atoms with van der Waals surface area (Å²) < 4.78 is 5.24. The number of carboxylic acids is 2. The lowest BCUT2D eigenvalue weighted by molar-refractivity contribution is 0.0691. The van der Waals surface area contributed by atoms with Gasteiger partial charge >= 0.3 is 18.0 Å². The minimum Gasteiger partial charge on any atom is -0.477 e. The molecule has 0 aliphatic rings. The zero-order chi connectivity index (χ0) is 15.6. The molecular weight excluding hydrogens is 272 g/mol. The number of nitrogens with zero attached hydrogens (tertiary/aromatic N) is 1. The average Bonchev–Trinajstić information content (AvgIpc) is 2.33. The quantitative estimate of drug-likeness (QED) is 0.719. The summed E-state index contributed by atoms with van der Waals surface area (Å²) in [7, 11) is 1.08. The van der Waals surface area contributed by atoms with E-state index in [1.165, 1.54) is 13.8 Å². The zero-order valence-electron chi connectivity index (χ0n) is 10.9. The Morgan fingerprint density at radius 1 is 1.05 bits per heavy atom. The van der Waals surface area contributed by atoms with Crippen LogP contribution in [-0.2, 0) is 4.74 Å². The van der Waals surface area contributed by atoms with Crippen LogP contribution in [0, 0.1) is 13.8 Å². The molecule has 20 heavy (non-hydrogen) atoms. The fraction of sp³-hybridized carbons (Fsp3) is 0.273. The molecule has 0 aliphatic carbocycles. The summed E-state index contributed by atoms with van der Waals surface area (Å²) in [4.78, 5) is 45.3. The van der Waals surface area contributed by atoms with Gasteiger partial charge in [-0.1, -0.05) is 0 Å². The first-order valence-electron chi connectivity index (χ1n) is 5.30. The van der Waals surface area contributed by atoms with Crippen molar-refractivity contribution in [2.24, 2.45) is 0 Å². The minimum absolute atomic E-state index is 0.115. The van der Waals surface area contributed by atoms with Gasteiger partial charge in [0.05, 0.1) is 18.5 Å². The lowest BCUT2D eigenvalue weighted by atomic mass is 10.1. The summed E-state index contributed by atoms with van der Waals surface area (Å²) in [6, 6.07) is 0. The van der Waals surface area contributed by atoms with E-state index >= 15 is 0 Å². The van der Waals surface area contributed by atoms with Gasteiger partial charge in [-0.2, -0.15) is 0 Å². The Balaban J connectivity index is 3.76. The van der Waals surface area contributed by atoms with Crippen molar-refractivity contribution < 1.29 is 29.3 Å². The second-order valence-electron chi connectivity index (χ2n) is 3.80. The Kier molecular flexibility index (Phi) is 4.13. The van der Waals surface area contributed by atoms with E-state index in [2.05, 4.69) is 10.2 Å². The number of methoxy groups -OCH3 is 1. The molecule has 3 N–H and O–H groups in total. The molecule has 0 fully saturated rings. The molecule has 0 unspecified atom stereocenters. The topological polar surface area (TPSA) is 135 Å². The van der Waals surface area contributed by atoms with Gasteiger partial charge in [0.2, 0.25) is 5.43 Å². The van der Waals surface area contributed by atoms with E-state index in [9.17, 15) is 19.2 Å². The lowest BCUT2D eigenvalue weighted by Gasteiger charge is -2.18. The van der Waals surface area contributed by atoms with Gasteiger partial charge in [-0.15, -0.1) is 0 Å². The molecule has 0 saturated heterocycles. The van der Waals surface area contributed by atoms with E-state index in [-0.39, 0.29) is 11.4 Å². The molecule has 1 aromatic rings. The maximum atomic E-state index is 11.9. The van der Waals surface area contributed by atoms with Crippen molar-refractivity contribution in [3.8, 4) is 0 Å². The molecule has 0 aromatic carbocycles. The Hall–Kier alpha value is -2.84. The van der Waals surface area contributed by atoms with Crippen molar-refractivity contribution in [2.45, 2.75) is 13.8 Å². The van der Waals surface area contributed by atoms with Gasteiger partial charge < -0.3 is 14.9 Å². The number of pyridine rings is 1. The van der Waals surface area contributed by atoms with Crippen molar-refractivity contribution in [3.63, 3.8) is 0 Å². The van der Waals surface area contributed by atoms with Crippen molar-refractivity contribution in [1.29, 1.82) is 0 Å². The van der Waals surface area contributed by atoms with E-state index < -0.39 is 34.6 Å². The van der Waals surface area contributed by atoms with Gasteiger partial charge in [0.15, 0.2) is 0 Å². The van der Waals surface area contributed by atoms with Gasteiger partial charge in [-0.25, -0.2) is 19.8 Å². The molecule has 108 valence electrons. The highest BCUT2D eigenvalue weighted by atomic mass is 16.5. The summed E-state index contributed by atoms with van der Waals surface area (Å²) >= 11 is 0. The fourth-order valence-corrected chi connectivity index (χ4v) is 1.74. The number of hydrogen-bond donors (Lipinski definition) is 3. The molecule has 1 aromatic heterocycles. The Morgan fingerprint density at radius 3 is 1.75 bits per heavy atom. The number of carboxylic acid groups (broad SMARTS) is 2. The molecule has 0 aliphatic heterocycles. The second kappa shape index (κ2) is 5.43. The van der Waals surface area contributed by atoms with Crippen molar-refractivity contribution in [1.82, 2.24) is 4.68 Å². The minimum atomic E-state index is -1.59. The molecule has 9 nitrogen and oxygen atoms in total. The van der Waals surface area contributed by atoms with Gasteiger partial charge in [0.25, 0.3) is 0 Å². The highest BCUT2D eigenvalue weighted by Crippen LogP contribution is 2.11. The van der Waals surface area contributed by atoms with E-state index in [1.807, 2.05) is 0 Å². The Bertz CT molecular complexity index is 615. The van der Waals surface area contributed by atoms with Crippen LogP contribution in [-0.4, -0.2) is 40.0 Å². The van der Waals surface area contributed by atoms with Crippen LogP contribution in [0.15, 0.2) is 4.79 Å². The van der Waals surface area contributed by atoms with Gasteiger partial charge in [-0.3, -0.25) is 9.47 Å². The number of carbonyl (C=O) groups is 3. The molecule has 1 amide bonds. The zero-order valence-corrected chi connectivity index (χ0v) is 10.9. The van der Waals surface area contributed by atoms with E-state index in [1.54, 1.807) is 0 Å². The first kappa shape index (κ1) is 15.2. The Labute approximate surface area is 112 Å². The van der Waals surface area contributed by atoms with Crippen LogP contribution < -0.4 is 10.9 Å². The van der Waals surface area contributed by atoms with Crippen LogP contribution in [0.25, 0.3) is 0 Å². The number of carbonyl (C=O) groups excluding carboxylic acids is 1. The number of rotatable bonds is 3. The molecule has 0 bridgehead atoms. The summed E-state index contributed by atoms with van der Waals surface area (Å²) in [5, 5.41) is 18.0. The van der Waals surface area contributed by atoms with Crippen LogP contribution in [0.5, 0.6) is 0 Å². The Morgan fingerprint density at radius 2 is 1.45 bits per heavy atom. The van der Waals surface area contributed by atoms with Crippen molar-refractivity contribution >= 4 is 18.0 Å². The number of hydrogen-bond acceptors (Lipinski definition) is 5. The SMILES string of the molecule is COC(=O)Nn1c(C)c(C(=O)O)c(=O)c(C(=O)O)c1C. The van der Waals surface area contributed by atoms with Crippen molar-refractivity contribution in [2.75, 3.05) is 12.5 Å². The van der Waals surface area contributed by atoms with E-state index in [0.29, 0.717) is 0 Å². The molecule has 0 atom stereocenters. The van der Waals surface area contributed by atoms with E-state index in [4.69, 9.17) is 10.2 Å². The average molecular weight is 284 g/mol. The second-order valence-corrected chi connectivity index (χ2v) is 3.80. The number of ether oxygens (including phenoxy) is 1. The highest BCUT2D eigenvalue weighted by molar-refractivity contribution is 5.95. The van der Waals surface area contributed by atoms with Gasteiger partial charge in [0.1, 0.15) is 11.1 Å². The molecule has 1 heterocycles. The maximum Gasteiger partial charge on any atom is 0.426 e. The van der Waals surface area contributed by atoms with Crippen LogP contribution in [0.1, 0.15) is 32.1 Å². The largest absolute Gasteiger partial charge is 0.477 e. The third kappa shape index (κ3) is 2.46. The fourth-order valence-electron chi connectivity index (χ4n) is 1.74. The number of aromatic carboxylic acids is 2. The monoisotopic (exact) mass is 284 g/mol. The van der Waals surface area contributed by atoms with Crippen LogP contribution in [0.2, 0.25) is 0 Å². The molecule has 0 radical (unpaired) electrons. The maximum absolute atomic E-state index is 11.9. The number of nitrogens with one attached hydrogen (secondary N) is 1. The van der Waals surface area contributed by atoms with Crippen LogP contribution >= 0.6 is 0 Å². The highest BCUT2D eigenvalue weighted by Gasteiger charge is 2.26. The van der Waals surface area contributed by atoms with Gasteiger partial charge in [0, 0.05) is 0 Å². The summed E-state index contributed by atoms with van der Waals surface area (Å²) in [5.74, 6) is -3.18. The molecule has 0 saturated carbocycles. The predicted molar refractivity (Wildman–Crippen MR) is 65.9 cm³/mol. The third-order valence-electron chi connectivity index (χ3n) is 2.66. The van der Waals surface area contributed by atoms with Crippen LogP contribution in [0.4, 0.5) is 4.79 Å². The molecular formula is C11H12N2O7. The molecule has 9 heteroatoms. The smallest absolute Gasteiger partial charge is 0.426 e. The molecule has 1 rings (SSSR count). The third-order valence-corrected chi connectivity index (χ3v) is 2.66. The van der Waals surface area contributed by atoms with Crippen LogP contribution in [0.3, 0.4) is 0 Å². The number of aromatic nitrogens is 1. The molecule has 0 spiro atoms. The number of amides is 1. The predicted octanol–water partition coefficient (Wildman–Crippen LogP) is 0.171. The normalized spacial score (nSPS) is 9.95. The summed E-state index contributed by atoms with van der Waals surface area (Å²) in [5.41, 5.74) is -0.681. The summed E-state index contributed by atoms with van der Waals surface area (Å²) in [6.45, 7) is 2.53. The van der Waals surface area contributed by atoms with Gasteiger partial charge in [-0.05, 0) is 13.8 Å². The summed E-state index contributed by atoms with van der Waals surface area (Å²) in [6.07, 6.45) is -0.937. The standard InChI is InChI=1S/C11H12N2O7/c1-4-6(9(15)16)8(14)7(10(17)18)5(2)13(4)12-11(19)20-3/h1-3H3,(H,12,19)(H,15,16)(H,17,18). The first-order chi connectivity index (χ1) is 9.22.